The summed E-state index contributed by atoms with van der Waals surface area (Å²) in [4.78, 5) is 0. The molecule has 0 saturated heterocycles. The van der Waals surface area contributed by atoms with Crippen LogP contribution in [-0.2, 0) is 6.54 Å². The second-order valence-corrected chi connectivity index (χ2v) is 3.33. The van der Waals surface area contributed by atoms with E-state index in [4.69, 9.17) is 0 Å². The zero-order valence-electron chi connectivity index (χ0n) is 7.96. The molecule has 2 rings (SSSR count). The molecule has 0 amide bonds. The van der Waals surface area contributed by atoms with Crippen LogP contribution in [0.15, 0.2) is 30.5 Å². The number of rotatable bonds is 3. The third-order valence-corrected chi connectivity index (χ3v) is 2.35. The molecule has 0 fully saturated rings. The summed E-state index contributed by atoms with van der Waals surface area (Å²) in [6.07, 6.45) is 4.64. The van der Waals surface area contributed by atoms with Gasteiger partial charge in [-0.05, 0) is 24.6 Å². The van der Waals surface area contributed by atoms with Gasteiger partial charge >= 0.3 is 0 Å². The Labute approximate surface area is 79.0 Å². The Balaban J connectivity index is 2.35. The molecule has 1 aromatic carbocycles. The van der Waals surface area contributed by atoms with Crippen molar-refractivity contribution < 1.29 is 0 Å². The fraction of sp³-hybridized carbons (Fsp3) is 0.333. The molecule has 0 aliphatic carbocycles. The molecule has 1 aromatic heterocycles. The average molecular weight is 172 g/mol. The van der Waals surface area contributed by atoms with Crippen LogP contribution in [0, 0.1) is 6.07 Å². The van der Waals surface area contributed by atoms with E-state index >= 15 is 0 Å². The SMILES string of the molecule is CCCCn1ccc2[c]cccc21. The van der Waals surface area contributed by atoms with Crippen LogP contribution in [-0.4, -0.2) is 4.57 Å². The Kier molecular flexibility index (Phi) is 2.35. The molecule has 2 aromatic rings. The lowest BCUT2D eigenvalue weighted by Crippen LogP contribution is -1.94. The normalized spacial score (nSPS) is 10.8. The van der Waals surface area contributed by atoms with E-state index < -0.39 is 0 Å². The molecule has 0 N–H and O–H groups in total. The van der Waals surface area contributed by atoms with Crippen LogP contribution in [0.4, 0.5) is 0 Å². The van der Waals surface area contributed by atoms with Gasteiger partial charge < -0.3 is 4.57 Å². The van der Waals surface area contributed by atoms with Gasteiger partial charge in [0, 0.05) is 23.6 Å². The first kappa shape index (κ1) is 8.36. The lowest BCUT2D eigenvalue weighted by Gasteiger charge is -2.02. The molecule has 0 saturated carbocycles. The fourth-order valence-electron chi connectivity index (χ4n) is 1.59. The van der Waals surface area contributed by atoms with Crippen molar-refractivity contribution in [3.8, 4) is 0 Å². The van der Waals surface area contributed by atoms with Crippen molar-refractivity contribution in [1.29, 1.82) is 0 Å². The first-order valence-electron chi connectivity index (χ1n) is 4.87. The summed E-state index contributed by atoms with van der Waals surface area (Å²) < 4.78 is 2.30. The van der Waals surface area contributed by atoms with Crippen molar-refractivity contribution in [2.75, 3.05) is 0 Å². The smallest absolute Gasteiger partial charge is 0.0486 e. The van der Waals surface area contributed by atoms with Gasteiger partial charge in [-0.2, -0.15) is 0 Å². The van der Waals surface area contributed by atoms with Crippen LogP contribution < -0.4 is 0 Å². The van der Waals surface area contributed by atoms with E-state index in [1.807, 2.05) is 12.1 Å². The summed E-state index contributed by atoms with van der Waals surface area (Å²) in [5, 5.41) is 1.22. The van der Waals surface area contributed by atoms with E-state index in [2.05, 4.69) is 35.9 Å². The molecule has 1 heteroatoms. The fourth-order valence-corrected chi connectivity index (χ4v) is 1.59. The molecule has 67 valence electrons. The van der Waals surface area contributed by atoms with Crippen molar-refractivity contribution >= 4 is 10.9 Å². The van der Waals surface area contributed by atoms with Crippen molar-refractivity contribution in [3.63, 3.8) is 0 Å². The molecule has 0 unspecified atom stereocenters. The molecular formula is C12H14N. The topological polar surface area (TPSA) is 4.93 Å². The zero-order chi connectivity index (χ0) is 9.10. The minimum Gasteiger partial charge on any atom is -0.347 e. The third-order valence-electron chi connectivity index (χ3n) is 2.35. The maximum Gasteiger partial charge on any atom is 0.0486 e. The molecule has 0 atom stereocenters. The van der Waals surface area contributed by atoms with Crippen molar-refractivity contribution in [1.82, 2.24) is 4.57 Å². The van der Waals surface area contributed by atoms with E-state index in [0.29, 0.717) is 0 Å². The van der Waals surface area contributed by atoms with Crippen LogP contribution in [0.3, 0.4) is 0 Å². The standard InChI is InChI=1S/C12H14N/c1-2-3-9-13-10-8-11-6-4-5-7-12(11)13/h4-5,7-8,10H,2-3,9H2,1H3. The van der Waals surface area contributed by atoms with Gasteiger partial charge in [-0.15, -0.1) is 0 Å². The highest BCUT2D eigenvalue weighted by Gasteiger charge is 1.97. The maximum atomic E-state index is 3.23. The quantitative estimate of drug-likeness (QED) is 0.669. The molecule has 0 aliphatic heterocycles. The van der Waals surface area contributed by atoms with E-state index in [9.17, 15) is 0 Å². The highest BCUT2D eigenvalue weighted by atomic mass is 14.9. The number of hydrogen-bond acceptors (Lipinski definition) is 0. The average Bonchev–Trinajstić information content (AvgIpc) is 2.58. The van der Waals surface area contributed by atoms with Gasteiger partial charge in [0.25, 0.3) is 0 Å². The molecule has 0 spiro atoms. The summed E-state index contributed by atoms with van der Waals surface area (Å²) in [5.74, 6) is 0. The number of aromatic nitrogens is 1. The van der Waals surface area contributed by atoms with E-state index in [1.54, 1.807) is 0 Å². The van der Waals surface area contributed by atoms with E-state index in [1.165, 1.54) is 23.7 Å². The Hall–Kier alpha value is -1.24. The Bertz CT molecular complexity index is 387. The summed E-state index contributed by atoms with van der Waals surface area (Å²) in [6, 6.07) is 11.5. The van der Waals surface area contributed by atoms with Crippen LogP contribution in [0.5, 0.6) is 0 Å². The number of fused-ring (bicyclic) bond motifs is 1. The van der Waals surface area contributed by atoms with Gasteiger partial charge in [-0.3, -0.25) is 0 Å². The summed E-state index contributed by atoms with van der Waals surface area (Å²) in [7, 11) is 0. The molecule has 1 radical (unpaired) electrons. The predicted octanol–water partition coefficient (Wildman–Crippen LogP) is 3.24. The van der Waals surface area contributed by atoms with E-state index in [-0.39, 0.29) is 0 Å². The van der Waals surface area contributed by atoms with Gasteiger partial charge in [0.1, 0.15) is 0 Å². The van der Waals surface area contributed by atoms with Crippen molar-refractivity contribution in [2.45, 2.75) is 26.3 Å². The van der Waals surface area contributed by atoms with Crippen LogP contribution in [0.25, 0.3) is 10.9 Å². The van der Waals surface area contributed by atoms with Crippen molar-refractivity contribution in [2.24, 2.45) is 0 Å². The third kappa shape index (κ3) is 1.59. The predicted molar refractivity (Wildman–Crippen MR) is 55.7 cm³/mol. The first-order valence-corrected chi connectivity index (χ1v) is 4.87. The highest BCUT2D eigenvalue weighted by Crippen LogP contribution is 2.14. The lowest BCUT2D eigenvalue weighted by atomic mass is 10.2. The Morgan fingerprint density at radius 3 is 3.15 bits per heavy atom. The van der Waals surface area contributed by atoms with Crippen molar-refractivity contribution in [3.05, 3.63) is 36.5 Å². The molecule has 0 bridgehead atoms. The van der Waals surface area contributed by atoms with Gasteiger partial charge in [0.2, 0.25) is 0 Å². The Morgan fingerprint density at radius 2 is 2.31 bits per heavy atom. The van der Waals surface area contributed by atoms with Gasteiger partial charge in [0.05, 0.1) is 0 Å². The summed E-state index contributed by atoms with van der Waals surface area (Å²) in [6.45, 7) is 3.34. The van der Waals surface area contributed by atoms with Gasteiger partial charge in [0.15, 0.2) is 0 Å². The first-order chi connectivity index (χ1) is 6.42. The highest BCUT2D eigenvalue weighted by molar-refractivity contribution is 5.79. The minimum atomic E-state index is 1.12. The molecule has 13 heavy (non-hydrogen) atoms. The second-order valence-electron chi connectivity index (χ2n) is 3.33. The number of nitrogens with zero attached hydrogens (tertiary/aromatic N) is 1. The Morgan fingerprint density at radius 1 is 1.38 bits per heavy atom. The largest absolute Gasteiger partial charge is 0.347 e. The molecule has 1 heterocycles. The van der Waals surface area contributed by atoms with Gasteiger partial charge in [-0.1, -0.05) is 25.5 Å². The molecule has 0 aliphatic rings. The summed E-state index contributed by atoms with van der Waals surface area (Å²) in [5.41, 5.74) is 1.30. The minimum absolute atomic E-state index is 1.12. The van der Waals surface area contributed by atoms with Crippen LogP contribution in [0.1, 0.15) is 19.8 Å². The van der Waals surface area contributed by atoms with Gasteiger partial charge in [-0.25, -0.2) is 0 Å². The number of aryl methyl sites for hydroxylation is 1. The monoisotopic (exact) mass is 172 g/mol. The second kappa shape index (κ2) is 3.65. The van der Waals surface area contributed by atoms with Crippen LogP contribution >= 0.6 is 0 Å². The van der Waals surface area contributed by atoms with Crippen LogP contribution in [0.2, 0.25) is 0 Å². The maximum absolute atomic E-state index is 3.23. The molecular weight excluding hydrogens is 158 g/mol. The lowest BCUT2D eigenvalue weighted by molar-refractivity contribution is 0.650. The summed E-state index contributed by atoms with van der Waals surface area (Å²) >= 11 is 0. The number of unbranched alkanes of at least 4 members (excludes halogenated alkanes) is 1. The number of benzene rings is 1. The number of hydrogen-bond donors (Lipinski definition) is 0. The molecule has 1 nitrogen and oxygen atoms in total. The van der Waals surface area contributed by atoms with E-state index in [0.717, 1.165) is 6.54 Å². The zero-order valence-corrected chi connectivity index (χ0v) is 7.96.